The minimum absolute atomic E-state index is 0.0128. The summed E-state index contributed by atoms with van der Waals surface area (Å²) in [5, 5.41) is 8.79. The fourth-order valence-electron chi connectivity index (χ4n) is 4.88. The molecule has 4 nitrogen and oxygen atoms in total. The van der Waals surface area contributed by atoms with Gasteiger partial charge in [0.1, 0.15) is 6.10 Å². The summed E-state index contributed by atoms with van der Waals surface area (Å²) in [4.78, 5) is 23.3. The number of aliphatic carboxylic acids is 1. The second kappa shape index (κ2) is 34.1. The van der Waals surface area contributed by atoms with Crippen molar-refractivity contribution in [2.75, 3.05) is 0 Å². The third-order valence-electron chi connectivity index (χ3n) is 7.45. The Bertz CT molecular complexity index is 774. The van der Waals surface area contributed by atoms with Crippen LogP contribution in [0.5, 0.6) is 0 Å². The molecule has 0 rings (SSSR count). The average molecular weight is 599 g/mol. The highest BCUT2D eigenvalue weighted by atomic mass is 16.5. The van der Waals surface area contributed by atoms with Gasteiger partial charge in [-0.25, -0.2) is 0 Å². The van der Waals surface area contributed by atoms with E-state index < -0.39 is 5.97 Å². The van der Waals surface area contributed by atoms with E-state index in [2.05, 4.69) is 74.6 Å². The van der Waals surface area contributed by atoms with Crippen LogP contribution in [0, 0.1) is 0 Å². The Morgan fingerprint density at radius 2 is 0.977 bits per heavy atom. The number of rotatable bonds is 31. The van der Waals surface area contributed by atoms with E-state index in [0.29, 0.717) is 6.42 Å². The van der Waals surface area contributed by atoms with Gasteiger partial charge in [0.25, 0.3) is 0 Å². The minimum atomic E-state index is -0.711. The number of carbonyl (C=O) groups is 2. The first-order valence-electron chi connectivity index (χ1n) is 17.8. The Kier molecular flexibility index (Phi) is 32.3. The number of unbranched alkanes of at least 4 members (excludes halogenated alkanes) is 12. The largest absolute Gasteiger partial charge is 0.481 e. The van der Waals surface area contributed by atoms with Gasteiger partial charge in [-0.15, -0.1) is 0 Å². The smallest absolute Gasteiger partial charge is 0.306 e. The fourth-order valence-corrected chi connectivity index (χ4v) is 4.88. The van der Waals surface area contributed by atoms with Crippen LogP contribution in [0.25, 0.3) is 0 Å². The van der Waals surface area contributed by atoms with Crippen molar-refractivity contribution in [3.05, 3.63) is 60.8 Å². The predicted octanol–water partition coefficient (Wildman–Crippen LogP) is 12.2. The fraction of sp³-hybridized carbons (Fsp3) is 0.692. The molecule has 0 saturated heterocycles. The van der Waals surface area contributed by atoms with Crippen LogP contribution in [-0.4, -0.2) is 23.1 Å². The maximum atomic E-state index is 12.6. The van der Waals surface area contributed by atoms with Crippen molar-refractivity contribution in [2.45, 2.75) is 174 Å². The van der Waals surface area contributed by atoms with Gasteiger partial charge in [-0.05, 0) is 96.3 Å². The van der Waals surface area contributed by atoms with Crippen molar-refractivity contribution in [1.29, 1.82) is 0 Å². The molecule has 0 aliphatic carbocycles. The first-order valence-corrected chi connectivity index (χ1v) is 17.8. The van der Waals surface area contributed by atoms with Crippen molar-refractivity contribution in [3.8, 4) is 0 Å². The van der Waals surface area contributed by atoms with Gasteiger partial charge in [0.15, 0.2) is 0 Å². The first-order chi connectivity index (χ1) is 21.1. The summed E-state index contributed by atoms with van der Waals surface area (Å²) in [6.07, 6.45) is 46.5. The van der Waals surface area contributed by atoms with Crippen molar-refractivity contribution in [1.82, 2.24) is 0 Å². The van der Waals surface area contributed by atoms with Gasteiger partial charge in [-0.1, -0.05) is 120 Å². The zero-order valence-corrected chi connectivity index (χ0v) is 28.0. The monoisotopic (exact) mass is 598 g/mol. The molecule has 0 bridgehead atoms. The van der Waals surface area contributed by atoms with Crippen molar-refractivity contribution >= 4 is 11.9 Å². The lowest BCUT2D eigenvalue weighted by Gasteiger charge is -2.18. The molecule has 0 fully saturated rings. The van der Waals surface area contributed by atoms with Crippen molar-refractivity contribution in [3.63, 3.8) is 0 Å². The van der Waals surface area contributed by atoms with Gasteiger partial charge >= 0.3 is 11.9 Å². The highest BCUT2D eigenvalue weighted by Crippen LogP contribution is 2.18. The van der Waals surface area contributed by atoms with E-state index in [9.17, 15) is 9.59 Å². The Balaban J connectivity index is 4.22. The Morgan fingerprint density at radius 3 is 1.58 bits per heavy atom. The molecule has 0 aromatic carbocycles. The quantitative estimate of drug-likeness (QED) is 0.0490. The topological polar surface area (TPSA) is 63.6 Å². The van der Waals surface area contributed by atoms with Crippen LogP contribution in [0.2, 0.25) is 0 Å². The van der Waals surface area contributed by atoms with Gasteiger partial charge in [0, 0.05) is 12.8 Å². The van der Waals surface area contributed by atoms with E-state index in [-0.39, 0.29) is 18.5 Å². The molecule has 0 spiro atoms. The van der Waals surface area contributed by atoms with Crippen molar-refractivity contribution in [2.24, 2.45) is 0 Å². The Morgan fingerprint density at radius 1 is 0.535 bits per heavy atom. The standard InChI is InChI=1S/C39H66O4/c1-3-5-7-9-11-13-15-16-17-18-19-20-22-25-29-33-37(34-30-26-24-27-31-35-38(40)41)43-39(42)36-32-28-23-21-14-12-10-8-6-4-2/h5,7-8,10-11,13,16-17,19-20,37H,3-4,6,9,12,14-15,18,21-36H2,1-2H3,(H,40,41)/b7-5-,10-8-,13-11-,17-16-,20-19-. The molecule has 1 N–H and O–H groups in total. The number of carbonyl (C=O) groups excluding carboxylic acids is 1. The lowest BCUT2D eigenvalue weighted by atomic mass is 10.0. The molecular formula is C39H66O4. The third kappa shape index (κ3) is 34.0. The first kappa shape index (κ1) is 40.6. The van der Waals surface area contributed by atoms with E-state index >= 15 is 0 Å². The van der Waals surface area contributed by atoms with Gasteiger partial charge < -0.3 is 9.84 Å². The van der Waals surface area contributed by atoms with Gasteiger partial charge in [0.05, 0.1) is 0 Å². The molecule has 0 aliphatic rings. The van der Waals surface area contributed by atoms with Crippen LogP contribution in [0.4, 0.5) is 0 Å². The summed E-state index contributed by atoms with van der Waals surface area (Å²) in [7, 11) is 0. The van der Waals surface area contributed by atoms with E-state index in [1.165, 1.54) is 38.5 Å². The third-order valence-corrected chi connectivity index (χ3v) is 7.45. The minimum Gasteiger partial charge on any atom is -0.481 e. The molecule has 0 aromatic rings. The van der Waals surface area contributed by atoms with Crippen LogP contribution < -0.4 is 0 Å². The summed E-state index contributed by atoms with van der Waals surface area (Å²) >= 11 is 0. The number of carboxylic acids is 1. The van der Waals surface area contributed by atoms with Crippen LogP contribution >= 0.6 is 0 Å². The Hall–Kier alpha value is -2.36. The van der Waals surface area contributed by atoms with Gasteiger partial charge in [-0.2, -0.15) is 0 Å². The highest BCUT2D eigenvalue weighted by molar-refractivity contribution is 5.69. The molecule has 246 valence electrons. The molecule has 1 unspecified atom stereocenters. The Labute approximate surface area is 265 Å². The van der Waals surface area contributed by atoms with Gasteiger partial charge in [-0.3, -0.25) is 9.59 Å². The molecule has 1 atom stereocenters. The lowest BCUT2D eigenvalue weighted by Crippen LogP contribution is -2.18. The SMILES string of the molecule is CC/C=C\C/C=C\C/C=C\C/C=C\CCCCC(CCCCCCCC(=O)O)OC(=O)CCCCCCC/C=C\CCC. The van der Waals surface area contributed by atoms with Crippen LogP contribution in [0.15, 0.2) is 60.8 Å². The van der Waals surface area contributed by atoms with E-state index in [1.54, 1.807) is 0 Å². The number of allylic oxidation sites excluding steroid dienone is 10. The van der Waals surface area contributed by atoms with E-state index in [0.717, 1.165) is 103 Å². The molecular weight excluding hydrogens is 532 g/mol. The molecule has 0 radical (unpaired) electrons. The maximum Gasteiger partial charge on any atom is 0.306 e. The number of esters is 1. The number of hydrogen-bond donors (Lipinski definition) is 1. The number of hydrogen-bond acceptors (Lipinski definition) is 3. The maximum absolute atomic E-state index is 12.6. The van der Waals surface area contributed by atoms with Crippen LogP contribution in [0.1, 0.15) is 168 Å². The molecule has 0 aliphatic heterocycles. The second-order valence-corrected chi connectivity index (χ2v) is 11.7. The number of ether oxygens (including phenoxy) is 1. The molecule has 0 aromatic heterocycles. The van der Waals surface area contributed by atoms with Gasteiger partial charge in [0.2, 0.25) is 0 Å². The molecule has 0 heterocycles. The van der Waals surface area contributed by atoms with E-state index in [1.807, 2.05) is 0 Å². The predicted molar refractivity (Wildman–Crippen MR) is 185 cm³/mol. The summed E-state index contributed by atoms with van der Waals surface area (Å²) in [6, 6.07) is 0. The zero-order valence-electron chi connectivity index (χ0n) is 28.0. The van der Waals surface area contributed by atoms with Crippen LogP contribution in [-0.2, 0) is 14.3 Å². The normalized spacial score (nSPS) is 13.0. The molecule has 43 heavy (non-hydrogen) atoms. The number of carboxylic acid groups (broad SMARTS) is 1. The lowest BCUT2D eigenvalue weighted by molar-refractivity contribution is -0.150. The average Bonchev–Trinajstić information content (AvgIpc) is 2.99. The molecule has 4 heteroatoms. The molecule has 0 saturated carbocycles. The summed E-state index contributed by atoms with van der Waals surface area (Å²) in [5.41, 5.74) is 0. The molecule has 0 amide bonds. The zero-order chi connectivity index (χ0) is 31.5. The summed E-state index contributed by atoms with van der Waals surface area (Å²) in [5.74, 6) is -0.746. The van der Waals surface area contributed by atoms with Crippen LogP contribution in [0.3, 0.4) is 0 Å². The summed E-state index contributed by atoms with van der Waals surface area (Å²) < 4.78 is 5.95. The second-order valence-electron chi connectivity index (χ2n) is 11.7. The highest BCUT2D eigenvalue weighted by Gasteiger charge is 2.14. The summed E-state index contributed by atoms with van der Waals surface area (Å²) in [6.45, 7) is 4.36. The van der Waals surface area contributed by atoms with E-state index in [4.69, 9.17) is 9.84 Å². The van der Waals surface area contributed by atoms with Crippen molar-refractivity contribution < 1.29 is 19.4 Å².